The summed E-state index contributed by atoms with van der Waals surface area (Å²) in [5.74, 6) is 3.29. The third-order valence-corrected chi connectivity index (χ3v) is 8.25. The maximum Gasteiger partial charge on any atom is 0.224 e. The molecule has 0 radical (unpaired) electrons. The fourth-order valence-electron chi connectivity index (χ4n) is 6.32. The third kappa shape index (κ3) is 3.97. The van der Waals surface area contributed by atoms with Gasteiger partial charge in [-0.05, 0) is 67.6 Å². The molecule has 4 fully saturated rings. The van der Waals surface area contributed by atoms with Gasteiger partial charge in [0.25, 0.3) is 0 Å². The standard InChI is InChI=1S/C23H29N7S/c1-31-21-15(3-2-4-26-21)11-27-22-28-12-18(10-24)20(30-22)29-13-23-7-14-5-16(8-23)19(25)17(6-14)9-23/h2-4,12,14,16-17,19H,5-9,11,13,25H2,1H3,(H2,27,28,29,30)/t14?,16-,17+,19?,23?. The predicted molar refractivity (Wildman–Crippen MR) is 123 cm³/mol. The van der Waals surface area contributed by atoms with Gasteiger partial charge in [-0.2, -0.15) is 10.2 Å². The van der Waals surface area contributed by atoms with Gasteiger partial charge in [0, 0.05) is 30.9 Å². The van der Waals surface area contributed by atoms with Crippen LogP contribution < -0.4 is 16.4 Å². The fraction of sp³-hybridized carbons (Fsp3) is 0.565. The molecule has 4 aliphatic carbocycles. The minimum Gasteiger partial charge on any atom is -0.368 e. The van der Waals surface area contributed by atoms with Crippen LogP contribution in [-0.2, 0) is 6.54 Å². The van der Waals surface area contributed by atoms with Crippen LogP contribution >= 0.6 is 11.8 Å². The van der Waals surface area contributed by atoms with Crippen LogP contribution in [0.25, 0.3) is 0 Å². The summed E-state index contributed by atoms with van der Waals surface area (Å²) in [7, 11) is 0. The van der Waals surface area contributed by atoms with E-state index in [1.807, 2.05) is 18.4 Å². The van der Waals surface area contributed by atoms with Crippen LogP contribution in [0.1, 0.15) is 43.2 Å². The molecule has 0 amide bonds. The van der Waals surface area contributed by atoms with Gasteiger partial charge >= 0.3 is 0 Å². The summed E-state index contributed by atoms with van der Waals surface area (Å²) in [6, 6.07) is 6.59. The lowest BCUT2D eigenvalue weighted by molar-refractivity contribution is -0.0591. The predicted octanol–water partition coefficient (Wildman–Crippen LogP) is 3.64. The third-order valence-electron chi connectivity index (χ3n) is 7.49. The van der Waals surface area contributed by atoms with E-state index in [9.17, 15) is 5.26 Å². The molecule has 0 aromatic carbocycles. The average Bonchev–Trinajstić information content (AvgIpc) is 2.79. The van der Waals surface area contributed by atoms with Crippen LogP contribution in [0, 0.1) is 34.5 Å². The highest BCUT2D eigenvalue weighted by Crippen LogP contribution is 2.59. The monoisotopic (exact) mass is 435 g/mol. The molecule has 2 heterocycles. The minimum absolute atomic E-state index is 0.292. The molecule has 4 aliphatic rings. The van der Waals surface area contributed by atoms with E-state index in [0.29, 0.717) is 47.2 Å². The Morgan fingerprint density at radius 1 is 1.23 bits per heavy atom. The first kappa shape index (κ1) is 20.5. The summed E-state index contributed by atoms with van der Waals surface area (Å²) >= 11 is 1.62. The van der Waals surface area contributed by atoms with Crippen molar-refractivity contribution < 1.29 is 0 Å². The van der Waals surface area contributed by atoms with Crippen LogP contribution in [0.5, 0.6) is 0 Å². The number of anilines is 2. The highest BCUT2D eigenvalue weighted by molar-refractivity contribution is 7.98. The molecule has 8 heteroatoms. The molecule has 0 spiro atoms. The molecule has 2 aromatic heterocycles. The Kier molecular flexibility index (Phi) is 5.49. The molecule has 4 N–H and O–H groups in total. The first-order valence-corrected chi connectivity index (χ1v) is 12.3. The number of nitriles is 1. The molecular formula is C23H29N7S. The summed E-state index contributed by atoms with van der Waals surface area (Å²) in [6.45, 7) is 1.44. The van der Waals surface area contributed by atoms with Crippen molar-refractivity contribution in [2.45, 2.75) is 49.7 Å². The van der Waals surface area contributed by atoms with Crippen LogP contribution in [0.15, 0.2) is 29.6 Å². The molecular weight excluding hydrogens is 406 g/mol. The highest BCUT2D eigenvalue weighted by Gasteiger charge is 2.54. The average molecular weight is 436 g/mol. The smallest absolute Gasteiger partial charge is 0.224 e. The second-order valence-corrected chi connectivity index (χ2v) is 10.3. The van der Waals surface area contributed by atoms with Crippen molar-refractivity contribution in [1.29, 1.82) is 5.26 Å². The highest BCUT2D eigenvalue weighted by atomic mass is 32.2. The van der Waals surface area contributed by atoms with Gasteiger partial charge in [-0.25, -0.2) is 9.97 Å². The summed E-state index contributed by atoms with van der Waals surface area (Å²) in [6.07, 6.45) is 11.7. The van der Waals surface area contributed by atoms with E-state index in [0.717, 1.165) is 23.1 Å². The fourth-order valence-corrected chi connectivity index (χ4v) is 6.89. The molecule has 6 rings (SSSR count). The van der Waals surface area contributed by atoms with Gasteiger partial charge < -0.3 is 16.4 Å². The van der Waals surface area contributed by atoms with Crippen molar-refractivity contribution in [1.82, 2.24) is 15.0 Å². The lowest BCUT2D eigenvalue weighted by atomic mass is 9.48. The minimum atomic E-state index is 0.292. The largest absolute Gasteiger partial charge is 0.368 e. The van der Waals surface area contributed by atoms with E-state index in [2.05, 4.69) is 31.7 Å². The Morgan fingerprint density at radius 3 is 2.77 bits per heavy atom. The molecule has 31 heavy (non-hydrogen) atoms. The number of pyridine rings is 1. The Labute approximate surface area is 187 Å². The molecule has 4 saturated carbocycles. The van der Waals surface area contributed by atoms with E-state index < -0.39 is 0 Å². The SMILES string of the molecule is CSc1ncccc1CNc1ncc(C#N)c(NCC23CC4C[C@H](C2)C(N)[C@@H](C4)C3)n1. The number of hydrogen-bond acceptors (Lipinski definition) is 8. The van der Waals surface area contributed by atoms with E-state index >= 15 is 0 Å². The van der Waals surface area contributed by atoms with Gasteiger partial charge in [0.1, 0.15) is 22.5 Å². The first-order chi connectivity index (χ1) is 15.1. The Hall–Kier alpha value is -2.37. The molecule has 7 nitrogen and oxygen atoms in total. The van der Waals surface area contributed by atoms with Gasteiger partial charge in [-0.15, -0.1) is 11.8 Å². The molecule has 5 atom stereocenters. The number of hydrogen-bond donors (Lipinski definition) is 3. The maximum absolute atomic E-state index is 9.56. The first-order valence-electron chi connectivity index (χ1n) is 11.1. The second kappa shape index (κ2) is 8.29. The van der Waals surface area contributed by atoms with Crippen LogP contribution in [-0.4, -0.2) is 33.8 Å². The maximum atomic E-state index is 9.56. The molecule has 2 aromatic rings. The topological polar surface area (TPSA) is 113 Å². The van der Waals surface area contributed by atoms with Crippen molar-refractivity contribution in [2.75, 3.05) is 23.4 Å². The summed E-state index contributed by atoms with van der Waals surface area (Å²) < 4.78 is 0. The Morgan fingerprint density at radius 2 is 2.03 bits per heavy atom. The lowest BCUT2D eigenvalue weighted by Crippen LogP contribution is -2.58. The van der Waals surface area contributed by atoms with E-state index in [1.165, 1.54) is 32.1 Å². The van der Waals surface area contributed by atoms with Crippen molar-refractivity contribution in [3.05, 3.63) is 35.7 Å². The van der Waals surface area contributed by atoms with Crippen molar-refractivity contribution >= 4 is 23.5 Å². The summed E-state index contributed by atoms with van der Waals surface area (Å²) in [5.41, 5.74) is 8.38. The van der Waals surface area contributed by atoms with Crippen molar-refractivity contribution in [2.24, 2.45) is 28.9 Å². The van der Waals surface area contributed by atoms with E-state index in [4.69, 9.17) is 5.73 Å². The van der Waals surface area contributed by atoms with Crippen LogP contribution in [0.4, 0.5) is 11.8 Å². The molecule has 0 saturated heterocycles. The van der Waals surface area contributed by atoms with Crippen molar-refractivity contribution in [3.63, 3.8) is 0 Å². The molecule has 4 bridgehead atoms. The number of rotatable bonds is 7. The quantitative estimate of drug-likeness (QED) is 0.565. The zero-order valence-corrected chi connectivity index (χ0v) is 18.7. The van der Waals surface area contributed by atoms with Gasteiger partial charge in [0.05, 0.1) is 6.20 Å². The van der Waals surface area contributed by atoms with Gasteiger partial charge in [-0.3, -0.25) is 0 Å². The number of nitrogens with zero attached hydrogens (tertiary/aromatic N) is 4. The second-order valence-electron chi connectivity index (χ2n) is 9.49. The van der Waals surface area contributed by atoms with Gasteiger partial charge in [-0.1, -0.05) is 6.07 Å². The Bertz CT molecular complexity index is 988. The zero-order valence-electron chi connectivity index (χ0n) is 17.8. The van der Waals surface area contributed by atoms with Crippen LogP contribution in [0.3, 0.4) is 0 Å². The van der Waals surface area contributed by atoms with E-state index in [1.54, 1.807) is 24.2 Å². The molecule has 162 valence electrons. The normalized spacial score (nSPS) is 30.7. The van der Waals surface area contributed by atoms with Gasteiger partial charge in [0.2, 0.25) is 5.95 Å². The summed E-state index contributed by atoms with van der Waals surface area (Å²) in [4.78, 5) is 13.4. The Balaban J connectivity index is 1.29. The number of thioether (sulfide) groups is 1. The molecule has 3 unspecified atom stereocenters. The molecule has 0 aliphatic heterocycles. The van der Waals surface area contributed by atoms with E-state index in [-0.39, 0.29) is 0 Å². The zero-order chi connectivity index (χ0) is 21.4. The number of aromatic nitrogens is 3. The van der Waals surface area contributed by atoms with Crippen molar-refractivity contribution in [3.8, 4) is 6.07 Å². The number of nitrogens with two attached hydrogens (primary N) is 1. The number of nitrogens with one attached hydrogen (secondary N) is 2. The summed E-state index contributed by atoms with van der Waals surface area (Å²) in [5, 5.41) is 17.4. The van der Waals surface area contributed by atoms with Gasteiger partial charge in [0.15, 0.2) is 0 Å². The lowest BCUT2D eigenvalue weighted by Gasteiger charge is -2.59. The van der Waals surface area contributed by atoms with Crippen LogP contribution in [0.2, 0.25) is 0 Å².